The average molecular weight is 297 g/mol. The fraction of sp³-hybridized carbons (Fsp3) is 0. The van der Waals surface area contributed by atoms with Crippen molar-refractivity contribution in [2.45, 2.75) is 0 Å². The molecule has 2 aromatic rings. The first-order valence-corrected chi connectivity index (χ1v) is 3.95. The Bertz CT molecular complexity index is 319. The summed E-state index contributed by atoms with van der Waals surface area (Å²) >= 11 is 0. The van der Waals surface area contributed by atoms with Crippen LogP contribution in [0.15, 0.2) is 49.1 Å². The van der Waals surface area contributed by atoms with Gasteiger partial charge in [-0.1, -0.05) is 12.1 Å². The predicted molar refractivity (Wildman–Crippen MR) is 49.6 cm³/mol. The van der Waals surface area contributed by atoms with Crippen molar-refractivity contribution in [3.63, 3.8) is 0 Å². The van der Waals surface area contributed by atoms with Crippen LogP contribution in [0.4, 0.5) is 0 Å². The molecular weight excluding hydrogens is 288 g/mol. The topological polar surface area (TPSA) is 69.1 Å². The van der Waals surface area contributed by atoms with E-state index in [4.69, 9.17) is 5.11 Å². The van der Waals surface area contributed by atoms with E-state index < -0.39 is 0 Å². The fourth-order valence-corrected chi connectivity index (χ4v) is 0.682. The number of aromatic nitrogens is 2. The Morgan fingerprint density at radius 3 is 1.47 bits per heavy atom. The molecular formula is C10H9AgN2O2. The molecule has 1 N–H and O–H groups in total. The number of hydrogen-bond donors (Lipinski definition) is 1. The summed E-state index contributed by atoms with van der Waals surface area (Å²) in [4.78, 5) is 7.33. The van der Waals surface area contributed by atoms with Crippen LogP contribution < -0.4 is 5.11 Å². The van der Waals surface area contributed by atoms with Crippen LogP contribution in [-0.2, 0) is 22.4 Å². The Hall–Kier alpha value is -1.36. The fourth-order valence-electron chi connectivity index (χ4n) is 0.682. The number of nitrogens with zero attached hydrogens (tertiary/aromatic N) is 2. The molecule has 2 aromatic heterocycles. The summed E-state index contributed by atoms with van der Waals surface area (Å²) < 4.78 is 0. The van der Waals surface area contributed by atoms with Gasteiger partial charge in [-0.05, 0) is 12.1 Å². The van der Waals surface area contributed by atoms with Crippen molar-refractivity contribution in [1.29, 1.82) is 0 Å². The van der Waals surface area contributed by atoms with Gasteiger partial charge in [0.1, 0.15) is 5.75 Å². The summed E-state index contributed by atoms with van der Waals surface area (Å²) in [6.07, 6.45) is 6.02. The van der Waals surface area contributed by atoms with Gasteiger partial charge in [0, 0.05) is 24.8 Å². The third kappa shape index (κ3) is 6.68. The van der Waals surface area contributed by atoms with Crippen molar-refractivity contribution in [2.24, 2.45) is 0 Å². The van der Waals surface area contributed by atoms with Gasteiger partial charge in [0.15, 0.2) is 0 Å². The zero-order chi connectivity index (χ0) is 10.2. The van der Waals surface area contributed by atoms with E-state index in [1.807, 2.05) is 0 Å². The van der Waals surface area contributed by atoms with Crippen LogP contribution in [0, 0.1) is 0 Å². The molecule has 0 atom stereocenters. The van der Waals surface area contributed by atoms with E-state index in [-0.39, 0.29) is 33.9 Å². The van der Waals surface area contributed by atoms with E-state index in [1.54, 1.807) is 0 Å². The molecule has 5 heteroatoms. The van der Waals surface area contributed by atoms with E-state index in [1.165, 1.54) is 49.1 Å². The summed E-state index contributed by atoms with van der Waals surface area (Å²) in [5.41, 5.74) is 0. The summed E-state index contributed by atoms with van der Waals surface area (Å²) in [6, 6.07) is 5.89. The molecule has 2 rings (SSSR count). The minimum Gasteiger partial charge on any atom is -0.872 e. The van der Waals surface area contributed by atoms with Gasteiger partial charge in [-0.3, -0.25) is 9.97 Å². The molecule has 0 bridgehead atoms. The maximum absolute atomic E-state index is 10.2. The minimum atomic E-state index is 0. The van der Waals surface area contributed by atoms with Gasteiger partial charge >= 0.3 is 22.4 Å². The van der Waals surface area contributed by atoms with Crippen molar-refractivity contribution < 1.29 is 32.6 Å². The second-order valence-electron chi connectivity index (χ2n) is 2.39. The average Bonchev–Trinajstić information content (AvgIpc) is 2.21. The first-order valence-electron chi connectivity index (χ1n) is 3.95. The standard InChI is InChI=1S/2C5H5NO.Ag/c2*7-5-1-3-6-4-2-5;/h2*1-4H,(H,6,7);/q;;+1/p-1. The van der Waals surface area contributed by atoms with Crippen molar-refractivity contribution in [3.8, 4) is 11.5 Å². The van der Waals surface area contributed by atoms with E-state index >= 15 is 0 Å². The van der Waals surface area contributed by atoms with E-state index in [2.05, 4.69) is 9.97 Å². The van der Waals surface area contributed by atoms with Gasteiger partial charge in [0.05, 0.1) is 0 Å². The molecule has 82 valence electrons. The molecule has 0 unspecified atom stereocenters. The monoisotopic (exact) mass is 296 g/mol. The molecule has 0 amide bonds. The Morgan fingerprint density at radius 1 is 0.867 bits per heavy atom. The number of pyridine rings is 2. The van der Waals surface area contributed by atoms with Gasteiger partial charge in [0.25, 0.3) is 0 Å². The van der Waals surface area contributed by atoms with Crippen LogP contribution >= 0.6 is 0 Å². The Labute approximate surface area is 103 Å². The van der Waals surface area contributed by atoms with Crippen LogP contribution in [0.25, 0.3) is 0 Å². The maximum atomic E-state index is 10.2. The van der Waals surface area contributed by atoms with Gasteiger partial charge in [-0.15, -0.1) is 5.75 Å². The third-order valence-corrected chi connectivity index (χ3v) is 1.31. The Morgan fingerprint density at radius 2 is 1.27 bits per heavy atom. The summed E-state index contributed by atoms with van der Waals surface area (Å²) in [6.45, 7) is 0. The van der Waals surface area contributed by atoms with Crippen LogP contribution in [-0.4, -0.2) is 15.1 Å². The normalized spacial score (nSPS) is 8.00. The Balaban J connectivity index is 0.000000245. The molecule has 0 aliphatic rings. The molecule has 0 radical (unpaired) electrons. The molecule has 0 saturated carbocycles. The summed E-state index contributed by atoms with van der Waals surface area (Å²) in [5.74, 6) is 0.269. The quantitative estimate of drug-likeness (QED) is 0.735. The zero-order valence-corrected chi connectivity index (χ0v) is 9.15. The molecule has 2 heterocycles. The molecule has 0 aromatic carbocycles. The maximum Gasteiger partial charge on any atom is 1.00 e. The molecule has 0 saturated heterocycles. The van der Waals surface area contributed by atoms with E-state index in [9.17, 15) is 5.11 Å². The van der Waals surface area contributed by atoms with Crippen LogP contribution in [0.1, 0.15) is 0 Å². The number of aromatic hydroxyl groups is 1. The van der Waals surface area contributed by atoms with Crippen molar-refractivity contribution in [3.05, 3.63) is 49.1 Å². The smallest absolute Gasteiger partial charge is 0.872 e. The van der Waals surface area contributed by atoms with Crippen LogP contribution in [0.2, 0.25) is 0 Å². The zero-order valence-electron chi connectivity index (χ0n) is 7.67. The Kier molecular flexibility index (Phi) is 7.27. The molecule has 0 spiro atoms. The van der Waals surface area contributed by atoms with Gasteiger partial charge in [-0.25, -0.2) is 0 Å². The number of rotatable bonds is 0. The minimum absolute atomic E-state index is 0. The second kappa shape index (κ2) is 7.99. The molecule has 0 fully saturated rings. The van der Waals surface area contributed by atoms with Crippen LogP contribution in [0.3, 0.4) is 0 Å². The second-order valence-corrected chi connectivity index (χ2v) is 2.39. The van der Waals surface area contributed by atoms with E-state index in [0.717, 1.165) is 0 Å². The molecule has 0 aliphatic heterocycles. The first-order chi connectivity index (χ1) is 6.79. The van der Waals surface area contributed by atoms with E-state index in [0.29, 0.717) is 0 Å². The van der Waals surface area contributed by atoms with Crippen molar-refractivity contribution >= 4 is 0 Å². The van der Waals surface area contributed by atoms with Crippen molar-refractivity contribution in [1.82, 2.24) is 9.97 Å². The first kappa shape index (κ1) is 13.6. The predicted octanol–water partition coefficient (Wildman–Crippen LogP) is 0.940. The SMILES string of the molecule is Oc1ccncc1.[Ag+].[O-]c1ccncc1. The third-order valence-electron chi connectivity index (χ3n) is 1.31. The number of hydrogen-bond acceptors (Lipinski definition) is 4. The molecule has 0 aliphatic carbocycles. The van der Waals surface area contributed by atoms with Gasteiger partial charge < -0.3 is 10.2 Å². The molecule has 15 heavy (non-hydrogen) atoms. The van der Waals surface area contributed by atoms with Gasteiger partial charge in [-0.2, -0.15) is 0 Å². The molecule has 4 nitrogen and oxygen atoms in total. The summed E-state index contributed by atoms with van der Waals surface area (Å²) in [5, 5.41) is 18.8. The van der Waals surface area contributed by atoms with Gasteiger partial charge in [0.2, 0.25) is 0 Å². The largest absolute Gasteiger partial charge is 1.00 e. The van der Waals surface area contributed by atoms with Crippen LogP contribution in [0.5, 0.6) is 11.5 Å². The summed E-state index contributed by atoms with van der Waals surface area (Å²) in [7, 11) is 0. The van der Waals surface area contributed by atoms with Crippen molar-refractivity contribution in [2.75, 3.05) is 0 Å².